The Bertz CT molecular complexity index is 1750. The van der Waals surface area contributed by atoms with Crippen molar-refractivity contribution >= 4 is 40.5 Å². The van der Waals surface area contributed by atoms with E-state index in [4.69, 9.17) is 24.5 Å². The van der Waals surface area contributed by atoms with Crippen LogP contribution in [0.2, 0.25) is 0 Å². The van der Waals surface area contributed by atoms with E-state index in [1.807, 2.05) is 26.0 Å². The summed E-state index contributed by atoms with van der Waals surface area (Å²) in [6.45, 7) is 10.3. The van der Waals surface area contributed by atoms with Crippen molar-refractivity contribution in [2.75, 3.05) is 10.2 Å². The van der Waals surface area contributed by atoms with Crippen molar-refractivity contribution in [3.05, 3.63) is 95.6 Å². The predicted molar refractivity (Wildman–Crippen MR) is 172 cm³/mol. The number of rotatable bonds is 2. The summed E-state index contributed by atoms with van der Waals surface area (Å²) in [5.74, 6) is 0.192. The molecule has 8 heteroatoms. The Morgan fingerprint density at radius 2 is 1.67 bits per heavy atom. The molecule has 43 heavy (non-hydrogen) atoms. The van der Waals surface area contributed by atoms with E-state index in [1.165, 1.54) is 5.56 Å². The van der Waals surface area contributed by atoms with Gasteiger partial charge in [-0.15, -0.1) is 0 Å². The van der Waals surface area contributed by atoms with Gasteiger partial charge in [-0.25, -0.2) is 0 Å². The summed E-state index contributed by atoms with van der Waals surface area (Å²) in [6.07, 6.45) is 5.23. The third kappa shape index (κ3) is 4.30. The van der Waals surface area contributed by atoms with Gasteiger partial charge >= 0.3 is 0 Å². The molecule has 0 aromatic heterocycles. The number of allylic oxidation sites excluding steroid dienone is 1. The zero-order valence-corrected chi connectivity index (χ0v) is 25.2. The second-order valence-corrected chi connectivity index (χ2v) is 13.0. The highest BCUT2D eigenvalue weighted by molar-refractivity contribution is 6.03. The van der Waals surface area contributed by atoms with Crippen molar-refractivity contribution in [3.8, 4) is 0 Å². The Kier molecular flexibility index (Phi) is 5.73. The molecule has 0 saturated carbocycles. The Labute approximate surface area is 252 Å². The largest absolute Gasteiger partial charge is 0.462 e. The Balaban J connectivity index is 1.13. The lowest BCUT2D eigenvalue weighted by atomic mass is 9.85. The third-order valence-corrected chi connectivity index (χ3v) is 8.45. The number of hydrogen-bond donors (Lipinski definition) is 1. The van der Waals surface area contributed by atoms with Crippen LogP contribution in [0.4, 0.5) is 22.7 Å². The highest BCUT2D eigenvalue weighted by Crippen LogP contribution is 2.48. The molecule has 4 aliphatic heterocycles. The van der Waals surface area contributed by atoms with Crippen molar-refractivity contribution in [2.45, 2.75) is 77.0 Å². The highest BCUT2D eigenvalue weighted by Gasteiger charge is 2.45. The van der Waals surface area contributed by atoms with Crippen molar-refractivity contribution < 1.29 is 9.47 Å². The lowest BCUT2D eigenvalue weighted by Gasteiger charge is -2.38. The van der Waals surface area contributed by atoms with Crippen LogP contribution in [0, 0.1) is 0 Å². The van der Waals surface area contributed by atoms with Crippen LogP contribution in [0.3, 0.4) is 0 Å². The molecule has 0 bridgehead atoms. The van der Waals surface area contributed by atoms with Crippen LogP contribution < -0.4 is 10.2 Å². The van der Waals surface area contributed by atoms with Gasteiger partial charge < -0.3 is 14.8 Å². The quantitative estimate of drug-likeness (QED) is 0.318. The molecule has 4 atom stereocenters. The van der Waals surface area contributed by atoms with Gasteiger partial charge in [0.05, 0.1) is 34.9 Å². The van der Waals surface area contributed by atoms with E-state index >= 15 is 0 Å². The van der Waals surface area contributed by atoms with Gasteiger partial charge in [0, 0.05) is 22.8 Å². The minimum Gasteiger partial charge on any atom is -0.462 e. The van der Waals surface area contributed by atoms with E-state index in [2.05, 4.69) is 103 Å². The van der Waals surface area contributed by atoms with Crippen molar-refractivity contribution in [1.29, 1.82) is 0 Å². The molecule has 8 nitrogen and oxygen atoms in total. The molecule has 1 aliphatic carbocycles. The first-order chi connectivity index (χ1) is 20.7. The number of amidine groups is 2. The van der Waals surface area contributed by atoms with Crippen molar-refractivity contribution in [1.82, 2.24) is 4.90 Å². The zero-order chi connectivity index (χ0) is 29.5. The molecule has 0 fully saturated rings. The van der Waals surface area contributed by atoms with Crippen LogP contribution in [0.5, 0.6) is 0 Å². The molecule has 0 saturated heterocycles. The van der Waals surface area contributed by atoms with E-state index in [0.717, 1.165) is 46.0 Å². The van der Waals surface area contributed by atoms with Crippen LogP contribution in [0.25, 0.3) is 0 Å². The van der Waals surface area contributed by atoms with E-state index in [9.17, 15) is 0 Å². The molecule has 4 heterocycles. The van der Waals surface area contributed by atoms with E-state index in [1.54, 1.807) is 0 Å². The summed E-state index contributed by atoms with van der Waals surface area (Å²) < 4.78 is 12.7. The van der Waals surface area contributed by atoms with E-state index in [0.29, 0.717) is 12.0 Å². The molecular formula is C35H36N6O2. The van der Waals surface area contributed by atoms with E-state index in [-0.39, 0.29) is 36.0 Å². The molecule has 8 rings (SSSR count). The first-order valence-corrected chi connectivity index (χ1v) is 15.2. The number of aliphatic imine (C=N–C) groups is 3. The number of nitrogens with zero attached hydrogens (tertiary/aromatic N) is 5. The van der Waals surface area contributed by atoms with Gasteiger partial charge in [-0.05, 0) is 70.9 Å². The Morgan fingerprint density at radius 1 is 0.884 bits per heavy atom. The van der Waals surface area contributed by atoms with Crippen molar-refractivity contribution in [3.63, 3.8) is 0 Å². The Morgan fingerprint density at radius 3 is 2.51 bits per heavy atom. The zero-order valence-electron chi connectivity index (χ0n) is 25.2. The average Bonchev–Trinajstić information content (AvgIpc) is 3.55. The number of ether oxygens (including phenoxy) is 2. The van der Waals surface area contributed by atoms with Gasteiger partial charge in [0.2, 0.25) is 0 Å². The summed E-state index contributed by atoms with van der Waals surface area (Å²) in [5, 5.41) is 3.69. The van der Waals surface area contributed by atoms with Gasteiger partial charge in [0.1, 0.15) is 11.8 Å². The standard InChI is InChI=1S/C35H36N6O2/c1-20(2)42-33-39-27-18-21(14-16-24(27)32-36-26-12-8-9-13-29(26)40(32)33)22-15-17-30-28(19-22)37-31-23-10-6-7-11-25(23)38-34(41(30)31)43-35(3,4)5/h6-18,20,22,30-32,36H,19H2,1-5H3. The summed E-state index contributed by atoms with van der Waals surface area (Å²) >= 11 is 0. The van der Waals surface area contributed by atoms with Crippen LogP contribution in [-0.4, -0.2) is 40.4 Å². The lowest BCUT2D eigenvalue weighted by molar-refractivity contribution is 0.0787. The highest BCUT2D eigenvalue weighted by atomic mass is 16.5. The predicted octanol–water partition coefficient (Wildman–Crippen LogP) is 7.73. The van der Waals surface area contributed by atoms with Gasteiger partial charge in [-0.2, -0.15) is 9.98 Å². The summed E-state index contributed by atoms with van der Waals surface area (Å²) in [5.41, 5.74) is 8.30. The summed E-state index contributed by atoms with van der Waals surface area (Å²) in [6, 6.07) is 24.6. The summed E-state index contributed by atoms with van der Waals surface area (Å²) in [4.78, 5) is 19.7. The molecule has 3 aromatic carbocycles. The fourth-order valence-corrected chi connectivity index (χ4v) is 6.67. The smallest absolute Gasteiger partial charge is 0.299 e. The molecule has 1 N–H and O–H groups in total. The molecule has 3 aromatic rings. The lowest BCUT2D eigenvalue weighted by Crippen LogP contribution is -2.46. The number of fused-ring (bicyclic) bond motifs is 10. The second kappa shape index (κ2) is 9.46. The number of anilines is 2. The van der Waals surface area contributed by atoms with Gasteiger partial charge in [-0.3, -0.25) is 14.8 Å². The maximum absolute atomic E-state index is 6.40. The SMILES string of the molecule is CC(C)OC1=Nc2cc(C3C=CC4C(=NC5c6ccccc6N=C(OC(C)(C)C)N45)C3)ccc2C2Nc3ccccc3N12. The number of benzene rings is 3. The Hall–Kier alpha value is -4.59. The third-order valence-electron chi connectivity index (χ3n) is 8.45. The minimum atomic E-state index is -0.369. The maximum Gasteiger partial charge on any atom is 0.299 e. The molecule has 218 valence electrons. The van der Waals surface area contributed by atoms with E-state index < -0.39 is 0 Å². The molecular weight excluding hydrogens is 536 g/mol. The fraction of sp³-hybridized carbons (Fsp3) is 0.343. The number of para-hydroxylation sites is 3. The molecule has 0 amide bonds. The van der Waals surface area contributed by atoms with Crippen LogP contribution >= 0.6 is 0 Å². The minimum absolute atomic E-state index is 0.00911. The molecule has 0 radical (unpaired) electrons. The number of hydrogen-bond acceptors (Lipinski definition) is 8. The van der Waals surface area contributed by atoms with Crippen LogP contribution in [0.1, 0.15) is 76.0 Å². The van der Waals surface area contributed by atoms with Crippen molar-refractivity contribution in [2.24, 2.45) is 15.0 Å². The van der Waals surface area contributed by atoms with Gasteiger partial charge in [0.25, 0.3) is 12.0 Å². The molecule has 5 aliphatic rings. The summed E-state index contributed by atoms with van der Waals surface area (Å²) in [7, 11) is 0. The molecule has 0 spiro atoms. The van der Waals surface area contributed by atoms with Crippen LogP contribution in [0.15, 0.2) is 93.9 Å². The average molecular weight is 573 g/mol. The van der Waals surface area contributed by atoms with Gasteiger partial charge in [0.15, 0.2) is 6.17 Å². The monoisotopic (exact) mass is 572 g/mol. The molecule has 4 unspecified atom stereocenters. The number of nitrogens with one attached hydrogen (secondary N) is 1. The first-order valence-electron chi connectivity index (χ1n) is 15.2. The maximum atomic E-state index is 6.40. The second-order valence-electron chi connectivity index (χ2n) is 13.0. The normalized spacial score (nSPS) is 24.5. The topological polar surface area (TPSA) is 74.0 Å². The fourth-order valence-electron chi connectivity index (χ4n) is 6.67. The van der Waals surface area contributed by atoms with Crippen LogP contribution in [-0.2, 0) is 9.47 Å². The first kappa shape index (κ1) is 26.1. The van der Waals surface area contributed by atoms with Gasteiger partial charge in [-0.1, -0.05) is 54.6 Å².